The lowest BCUT2D eigenvalue weighted by Gasteiger charge is -2.58. The molecule has 4 fully saturated rings. The highest BCUT2D eigenvalue weighted by Crippen LogP contribution is 2.53. The molecule has 0 unspecified atom stereocenters. The average molecular weight is 1080 g/mol. The molecule has 4 aliphatic rings. The molecule has 0 radical (unpaired) electrons. The number of H-pyrrole nitrogens is 1. The van der Waals surface area contributed by atoms with E-state index in [1.807, 2.05) is 16.9 Å². The molecule has 5 heterocycles. The van der Waals surface area contributed by atoms with Gasteiger partial charge < -0.3 is 29.8 Å². The van der Waals surface area contributed by atoms with Crippen molar-refractivity contribution in [2.45, 2.75) is 114 Å². The number of aromatic nitrogens is 3. The molecular formula is C56H64F3N9O8S. The third kappa shape index (κ3) is 12.0. The summed E-state index contributed by atoms with van der Waals surface area (Å²) in [4.78, 5) is 43.4. The number of nitrogens with one attached hydrogen (secondary N) is 3. The molecule has 21 heteroatoms. The van der Waals surface area contributed by atoms with E-state index in [9.17, 15) is 41.6 Å². The number of amides is 1. The number of alkyl halides is 2. The standard InChI is InChI=1S/C56H64F3N9O8S/c1-35(2)43-6-4-5-7-44(43)49-34-65(33-37-8-11-40(12-9-37)76-54(58)59)22-23-67(49)39-27-56(28-39)18-20-66(21-19-56)38-10-13-45(50(24-38)75-41-25-46-47(57)32-63-51(46)61-30-41)53(69)64-77(73,74)42-26-48(68(71)72)52(62-31-42)60-29-36-14-16-55(3,70)17-15-36/h4-13,24-26,30-32,35-36,39,49,54,70H,14-23,27-29,33-34H2,1-3H3,(H,60,62)(H,61,63)(H,64,69)/t36?,49-,55?/m0/s1. The van der Waals surface area contributed by atoms with Crippen molar-refractivity contribution in [3.63, 3.8) is 0 Å². The summed E-state index contributed by atoms with van der Waals surface area (Å²) < 4.78 is 80.9. The van der Waals surface area contributed by atoms with Crippen molar-refractivity contribution in [2.75, 3.05) is 49.5 Å². The van der Waals surface area contributed by atoms with E-state index in [0.29, 0.717) is 63.8 Å². The maximum absolute atomic E-state index is 14.7. The number of piperazine rings is 1. The van der Waals surface area contributed by atoms with Crippen molar-refractivity contribution < 1.29 is 45.9 Å². The number of hydrogen-bond donors (Lipinski definition) is 4. The van der Waals surface area contributed by atoms with E-state index >= 15 is 0 Å². The first-order chi connectivity index (χ1) is 36.8. The zero-order chi connectivity index (χ0) is 54.2. The van der Waals surface area contributed by atoms with E-state index in [2.05, 4.69) is 77.8 Å². The Morgan fingerprint density at radius 2 is 1.69 bits per heavy atom. The zero-order valence-electron chi connectivity index (χ0n) is 43.3. The molecule has 2 aliphatic heterocycles. The van der Waals surface area contributed by atoms with E-state index in [0.717, 1.165) is 75.0 Å². The molecule has 3 aromatic heterocycles. The van der Waals surface area contributed by atoms with Gasteiger partial charge in [0.15, 0.2) is 0 Å². The molecule has 1 spiro atoms. The lowest BCUT2D eigenvalue weighted by molar-refractivity contribution is -0.384. The highest BCUT2D eigenvalue weighted by atomic mass is 32.2. The first kappa shape index (κ1) is 53.6. The number of anilines is 2. The number of hydrogen-bond acceptors (Lipinski definition) is 14. The number of halogens is 3. The molecular weight excluding hydrogens is 1020 g/mol. The summed E-state index contributed by atoms with van der Waals surface area (Å²) in [5.41, 5.74) is 3.32. The highest BCUT2D eigenvalue weighted by Gasteiger charge is 2.50. The second-order valence-electron chi connectivity index (χ2n) is 21.9. The van der Waals surface area contributed by atoms with E-state index in [-0.39, 0.29) is 57.0 Å². The minimum absolute atomic E-state index is 0.0196. The number of carbonyl (C=O) groups is 1. The van der Waals surface area contributed by atoms with Crippen molar-refractivity contribution in [3.05, 3.63) is 136 Å². The van der Waals surface area contributed by atoms with Gasteiger partial charge in [0.05, 0.1) is 33.9 Å². The van der Waals surface area contributed by atoms with Gasteiger partial charge in [0.1, 0.15) is 33.6 Å². The number of rotatable bonds is 17. The third-order valence-electron chi connectivity index (χ3n) is 16.2. The van der Waals surface area contributed by atoms with Gasteiger partial charge in [-0.3, -0.25) is 24.7 Å². The third-order valence-corrected chi connectivity index (χ3v) is 17.5. The Balaban J connectivity index is 0.832. The average Bonchev–Trinajstić information content (AvgIpc) is 3.81. The van der Waals surface area contributed by atoms with E-state index < -0.39 is 49.5 Å². The maximum Gasteiger partial charge on any atom is 0.387 e. The number of nitrogens with zero attached hydrogens (tertiary/aromatic N) is 6. The monoisotopic (exact) mass is 1080 g/mol. The number of sulfonamides is 1. The van der Waals surface area contributed by atoms with Crippen molar-refractivity contribution >= 4 is 44.2 Å². The highest BCUT2D eigenvalue weighted by molar-refractivity contribution is 7.90. The molecule has 1 amide bonds. The maximum atomic E-state index is 14.7. The van der Waals surface area contributed by atoms with Gasteiger partial charge in [-0.2, -0.15) is 8.78 Å². The molecule has 1 atom stereocenters. The van der Waals surface area contributed by atoms with Gasteiger partial charge in [-0.1, -0.05) is 50.2 Å². The number of carbonyl (C=O) groups excluding carboxylic acids is 1. The van der Waals surface area contributed by atoms with E-state index in [1.54, 1.807) is 31.2 Å². The molecule has 10 rings (SSSR count). The molecule has 6 aromatic rings. The summed E-state index contributed by atoms with van der Waals surface area (Å²) in [7, 11) is -4.73. The molecule has 408 valence electrons. The molecule has 0 bridgehead atoms. The fourth-order valence-corrected chi connectivity index (χ4v) is 12.8. The molecule has 3 aromatic carbocycles. The van der Waals surface area contributed by atoms with E-state index in [4.69, 9.17) is 4.74 Å². The summed E-state index contributed by atoms with van der Waals surface area (Å²) in [5.74, 6) is -1.08. The quantitative estimate of drug-likeness (QED) is 0.0495. The predicted molar refractivity (Wildman–Crippen MR) is 284 cm³/mol. The topological polar surface area (TPSA) is 208 Å². The summed E-state index contributed by atoms with van der Waals surface area (Å²) in [5, 5.41) is 25.6. The second kappa shape index (κ2) is 21.9. The van der Waals surface area contributed by atoms with Crippen LogP contribution in [-0.2, 0) is 16.6 Å². The van der Waals surface area contributed by atoms with Crippen LogP contribution < -0.4 is 24.4 Å². The number of nitro groups is 1. The van der Waals surface area contributed by atoms with Crippen LogP contribution in [0.3, 0.4) is 0 Å². The molecule has 2 saturated carbocycles. The van der Waals surface area contributed by atoms with Gasteiger partial charge in [0.25, 0.3) is 15.9 Å². The Morgan fingerprint density at radius 3 is 2.40 bits per heavy atom. The number of aliphatic hydroxyl groups is 1. The Labute approximate surface area is 445 Å². The van der Waals surface area contributed by atoms with Crippen molar-refractivity contribution in [1.82, 2.24) is 29.5 Å². The number of benzene rings is 3. The molecule has 2 saturated heterocycles. The van der Waals surface area contributed by atoms with Crippen molar-refractivity contribution in [3.8, 4) is 17.2 Å². The van der Waals surface area contributed by atoms with Crippen LogP contribution in [0.25, 0.3) is 11.0 Å². The van der Waals surface area contributed by atoms with Crippen LogP contribution in [0, 0.1) is 27.3 Å². The Morgan fingerprint density at radius 1 is 0.948 bits per heavy atom. The van der Waals surface area contributed by atoms with Gasteiger partial charge in [-0.05, 0) is 123 Å². The molecule has 2 aliphatic carbocycles. The molecule has 17 nitrogen and oxygen atoms in total. The summed E-state index contributed by atoms with van der Waals surface area (Å²) >= 11 is 0. The van der Waals surface area contributed by atoms with Crippen LogP contribution in [0.5, 0.6) is 17.2 Å². The zero-order valence-corrected chi connectivity index (χ0v) is 44.1. The van der Waals surface area contributed by atoms with Crippen LogP contribution in [0.15, 0.2) is 102 Å². The Hall–Kier alpha value is -6.81. The summed E-state index contributed by atoms with van der Waals surface area (Å²) in [6.07, 6.45) is 9.99. The minimum Gasteiger partial charge on any atom is -0.455 e. The Bertz CT molecular complexity index is 3230. The van der Waals surface area contributed by atoms with Crippen LogP contribution in [0.4, 0.5) is 30.4 Å². The number of fused-ring (bicyclic) bond motifs is 1. The lowest BCUT2D eigenvalue weighted by atomic mass is 9.59. The summed E-state index contributed by atoms with van der Waals surface area (Å²) in [6, 6.07) is 23.3. The SMILES string of the molecule is CC(C)c1ccccc1[C@@H]1CN(Cc2ccc(OC(F)F)cc2)CCN1C1CC2(CCN(c3ccc(C(=O)NS(=O)(=O)c4cnc(NCC5CCC(C)(O)CC5)c([N+](=O)[O-])c4)c(Oc4cnc5[nH]cc(F)c5c4)c3)CC2)C1. The second-order valence-corrected chi connectivity index (χ2v) is 23.6. The van der Waals surface area contributed by atoms with Crippen molar-refractivity contribution in [1.29, 1.82) is 0 Å². The summed E-state index contributed by atoms with van der Waals surface area (Å²) in [6.45, 7) is 8.37. The fraction of sp³-hybridized carbons (Fsp3) is 0.446. The van der Waals surface area contributed by atoms with E-state index in [1.165, 1.54) is 29.5 Å². The van der Waals surface area contributed by atoms with Gasteiger partial charge in [0, 0.05) is 81.9 Å². The van der Waals surface area contributed by atoms with Gasteiger partial charge >= 0.3 is 12.3 Å². The van der Waals surface area contributed by atoms with Crippen LogP contribution in [-0.4, -0.2) is 107 Å². The number of aromatic amines is 1. The van der Waals surface area contributed by atoms with Gasteiger partial charge in [-0.25, -0.2) is 27.5 Å². The van der Waals surface area contributed by atoms with Crippen LogP contribution >= 0.6 is 0 Å². The largest absolute Gasteiger partial charge is 0.455 e. The first-order valence-corrected chi connectivity index (χ1v) is 27.8. The van der Waals surface area contributed by atoms with Crippen LogP contribution in [0.2, 0.25) is 0 Å². The minimum atomic E-state index is -4.73. The smallest absolute Gasteiger partial charge is 0.387 e. The van der Waals surface area contributed by atoms with Gasteiger partial charge in [-0.15, -0.1) is 0 Å². The predicted octanol–water partition coefficient (Wildman–Crippen LogP) is 10.3. The normalized spacial score (nSPS) is 21.3. The van der Waals surface area contributed by atoms with Gasteiger partial charge in [0.2, 0.25) is 5.82 Å². The molecule has 4 N–H and O–H groups in total. The van der Waals surface area contributed by atoms with Crippen LogP contribution in [0.1, 0.15) is 111 Å². The first-order valence-electron chi connectivity index (χ1n) is 26.3. The molecule has 77 heavy (non-hydrogen) atoms. The number of ether oxygens (including phenoxy) is 2. The van der Waals surface area contributed by atoms with Crippen molar-refractivity contribution in [2.24, 2.45) is 11.3 Å². The Kier molecular flexibility index (Phi) is 15.2. The number of pyridine rings is 2. The lowest BCUT2D eigenvalue weighted by Crippen LogP contribution is -2.60. The number of piperidine rings is 1. The fourth-order valence-electron chi connectivity index (χ4n) is 11.9.